The SMILES string of the molecule is CC[C@H](C)[C@@H]([C@@H](CC(=O)N1CCC[C@H]1[C@H](OC)[C@@H](C)C(=O)C[C@@H](Cc1ccccc1)CS(=O)(=O)CC(=O)CCCCCN1C(=O)CC(C)C1=O)OC)N(C)C(=O)[C@@H](CC(=O)[C@@H]1[C@H]2CC[C@H](C2)N1C)C(C)C. The number of ketones is 3. The van der Waals surface area contributed by atoms with Gasteiger partial charge < -0.3 is 19.3 Å². The Morgan fingerprint density at radius 2 is 1.61 bits per heavy atom. The third-order valence-corrected chi connectivity index (χ3v) is 18.4. The highest BCUT2D eigenvalue weighted by atomic mass is 32.2. The summed E-state index contributed by atoms with van der Waals surface area (Å²) >= 11 is 0. The van der Waals surface area contributed by atoms with Crippen molar-refractivity contribution in [2.45, 2.75) is 174 Å². The number of methoxy groups -OCH3 is 2. The van der Waals surface area contributed by atoms with E-state index in [4.69, 9.17) is 9.47 Å². The van der Waals surface area contributed by atoms with Gasteiger partial charge in [0, 0.05) is 83.8 Å². The third-order valence-electron chi connectivity index (χ3n) is 16.7. The number of likely N-dealkylation sites (tertiary alicyclic amines) is 3. The summed E-state index contributed by atoms with van der Waals surface area (Å²) in [5.41, 5.74) is 0.868. The van der Waals surface area contributed by atoms with Crippen LogP contribution in [0.4, 0.5) is 0 Å². The van der Waals surface area contributed by atoms with E-state index in [1.807, 2.05) is 58.2 Å². The first-order chi connectivity index (χ1) is 33.6. The molecule has 4 amide bonds. The van der Waals surface area contributed by atoms with Crippen molar-refractivity contribution in [3.63, 3.8) is 0 Å². The minimum atomic E-state index is -3.91. The van der Waals surface area contributed by atoms with Gasteiger partial charge in [-0.25, -0.2) is 8.42 Å². The van der Waals surface area contributed by atoms with Crippen molar-refractivity contribution in [3.8, 4) is 0 Å². The molecule has 2 bridgehead atoms. The summed E-state index contributed by atoms with van der Waals surface area (Å²) < 4.78 is 39.5. The van der Waals surface area contributed by atoms with Gasteiger partial charge >= 0.3 is 0 Å². The van der Waals surface area contributed by atoms with Crippen molar-refractivity contribution in [1.82, 2.24) is 19.6 Å². The molecule has 5 rings (SSSR count). The zero-order valence-corrected chi connectivity index (χ0v) is 45.3. The van der Waals surface area contributed by atoms with E-state index in [-0.39, 0.29) is 96.8 Å². The monoisotopic (exact) mass is 1010 g/mol. The lowest BCUT2D eigenvalue weighted by molar-refractivity contribution is -0.149. The quantitative estimate of drug-likeness (QED) is 0.0613. The second-order valence-corrected chi connectivity index (χ2v) is 24.2. The summed E-state index contributed by atoms with van der Waals surface area (Å²) in [6, 6.07) is 8.76. The fraction of sp³-hybridized carbons (Fsp3) is 0.764. The number of likely N-dealkylation sites (N-methyl/N-ethyl adjacent to an activating group) is 2. The van der Waals surface area contributed by atoms with Gasteiger partial charge in [0.05, 0.1) is 42.5 Å². The van der Waals surface area contributed by atoms with Crippen LogP contribution in [0.2, 0.25) is 0 Å². The molecule has 15 nitrogen and oxygen atoms in total. The van der Waals surface area contributed by atoms with Gasteiger partial charge in [-0.05, 0) is 87.6 Å². The van der Waals surface area contributed by atoms with Crippen LogP contribution in [-0.4, -0.2) is 158 Å². The van der Waals surface area contributed by atoms with Gasteiger partial charge in [0.1, 0.15) is 17.3 Å². The Labute approximate surface area is 424 Å². The molecule has 4 fully saturated rings. The number of amides is 4. The molecule has 1 saturated carbocycles. The zero-order valence-electron chi connectivity index (χ0n) is 44.5. The minimum Gasteiger partial charge on any atom is -0.379 e. The molecule has 1 aromatic rings. The predicted molar refractivity (Wildman–Crippen MR) is 273 cm³/mol. The number of nitrogens with zero attached hydrogens (tertiary/aromatic N) is 4. The number of carbonyl (C=O) groups excluding carboxylic acids is 7. The summed E-state index contributed by atoms with van der Waals surface area (Å²) in [6.45, 7) is 12.3. The van der Waals surface area contributed by atoms with Crippen molar-refractivity contribution < 1.29 is 51.5 Å². The Bertz CT molecular complexity index is 2120. The molecule has 1 unspecified atom stereocenters. The summed E-state index contributed by atoms with van der Waals surface area (Å²) in [6.07, 6.45) is 6.13. The highest BCUT2D eigenvalue weighted by Gasteiger charge is 2.49. The lowest BCUT2D eigenvalue weighted by Gasteiger charge is -2.41. The molecule has 16 heteroatoms. The number of carbonyl (C=O) groups is 7. The second kappa shape index (κ2) is 26.4. The van der Waals surface area contributed by atoms with Crippen molar-refractivity contribution in [2.24, 2.45) is 41.4 Å². The van der Waals surface area contributed by atoms with Crippen LogP contribution in [0.15, 0.2) is 30.3 Å². The molecule has 4 aliphatic rings. The smallest absolute Gasteiger partial charge is 0.232 e. The summed E-state index contributed by atoms with van der Waals surface area (Å²) in [5, 5.41) is 0. The van der Waals surface area contributed by atoms with Crippen LogP contribution in [0, 0.1) is 41.4 Å². The molecule has 3 heterocycles. The maximum Gasteiger partial charge on any atom is 0.232 e. The van der Waals surface area contributed by atoms with E-state index in [1.165, 1.54) is 12.0 Å². The summed E-state index contributed by atoms with van der Waals surface area (Å²) in [4.78, 5) is 102. The molecule has 12 atom stereocenters. The van der Waals surface area contributed by atoms with Gasteiger partial charge in [-0.15, -0.1) is 0 Å². The Balaban J connectivity index is 1.21. The van der Waals surface area contributed by atoms with Gasteiger partial charge in [-0.1, -0.05) is 84.7 Å². The lowest BCUT2D eigenvalue weighted by Crippen LogP contribution is -2.54. The number of fused-ring (bicyclic) bond motifs is 2. The van der Waals surface area contributed by atoms with Crippen LogP contribution >= 0.6 is 0 Å². The number of hydrogen-bond acceptors (Lipinski definition) is 12. The first-order valence-electron chi connectivity index (χ1n) is 26.6. The molecule has 1 aromatic carbocycles. The number of Topliss-reactive ketones (excluding diaryl/α,β-unsaturated/α-hetero) is 3. The van der Waals surface area contributed by atoms with Gasteiger partial charge in [0.25, 0.3) is 0 Å². The molecular weight excluding hydrogens is 925 g/mol. The van der Waals surface area contributed by atoms with Crippen molar-refractivity contribution in [2.75, 3.05) is 52.9 Å². The highest BCUT2D eigenvalue weighted by molar-refractivity contribution is 7.92. The molecule has 3 saturated heterocycles. The standard InChI is InChI=1S/C55H86N4O11S/c1-11-36(4)51(57(8)55(66)44(35(2)3)31-47(62)52-41-23-24-42(30-41)56(52)7)48(69-9)32-50(64)58-26-18-22-45(58)53(70-10)38(6)46(61)29-40(28-39-19-14-12-15-20-39)33-71(67,68)34-43(60)21-16-13-17-25-59-49(63)27-37(5)54(59)65/h12,14-15,19-20,35-38,40-42,44-45,48,51-53H,11,13,16-18,21-34H2,1-10H3/t36-,37?,38-,40+,41-,42+,44-,45-,48+,51-,52-,53+/m0/s1. The van der Waals surface area contributed by atoms with Crippen molar-refractivity contribution in [3.05, 3.63) is 35.9 Å². The number of hydrogen-bond donors (Lipinski definition) is 0. The molecule has 0 N–H and O–H groups in total. The Morgan fingerprint density at radius 3 is 2.20 bits per heavy atom. The zero-order chi connectivity index (χ0) is 52.3. The number of ether oxygens (including phenoxy) is 2. The topological polar surface area (TPSA) is 185 Å². The molecule has 0 spiro atoms. The maximum absolute atomic E-state index is 14.5. The van der Waals surface area contributed by atoms with E-state index in [0.717, 1.165) is 31.2 Å². The summed E-state index contributed by atoms with van der Waals surface area (Å²) in [7, 11) is 3.00. The van der Waals surface area contributed by atoms with E-state index >= 15 is 0 Å². The fourth-order valence-electron chi connectivity index (χ4n) is 12.4. The van der Waals surface area contributed by atoms with Gasteiger partial charge in [-0.2, -0.15) is 0 Å². The molecule has 0 aromatic heterocycles. The number of unbranched alkanes of at least 4 members (excludes halogenated alkanes) is 2. The molecule has 0 radical (unpaired) electrons. The van der Waals surface area contributed by atoms with Crippen LogP contribution in [0.5, 0.6) is 0 Å². The molecule has 71 heavy (non-hydrogen) atoms. The molecule has 398 valence electrons. The van der Waals surface area contributed by atoms with Gasteiger partial charge in [-0.3, -0.25) is 43.4 Å². The van der Waals surface area contributed by atoms with Crippen molar-refractivity contribution >= 4 is 50.8 Å². The van der Waals surface area contributed by atoms with E-state index in [9.17, 15) is 42.0 Å². The van der Waals surface area contributed by atoms with Crippen LogP contribution in [0.1, 0.15) is 137 Å². The van der Waals surface area contributed by atoms with Gasteiger partial charge in [0.15, 0.2) is 15.6 Å². The summed E-state index contributed by atoms with van der Waals surface area (Å²) in [5.74, 6) is -4.03. The van der Waals surface area contributed by atoms with Crippen molar-refractivity contribution in [1.29, 1.82) is 0 Å². The molecular formula is C55H86N4O11S. The maximum atomic E-state index is 14.5. The number of piperidine rings is 1. The van der Waals surface area contributed by atoms with Crippen LogP contribution < -0.4 is 0 Å². The number of rotatable bonds is 30. The van der Waals surface area contributed by atoms with Crippen LogP contribution in [0.25, 0.3) is 0 Å². The Morgan fingerprint density at radius 1 is 0.901 bits per heavy atom. The second-order valence-electron chi connectivity index (χ2n) is 22.1. The minimum absolute atomic E-state index is 0.00467. The Kier molecular flexibility index (Phi) is 21.6. The third kappa shape index (κ3) is 14.9. The van der Waals surface area contributed by atoms with E-state index in [0.29, 0.717) is 63.6 Å². The first-order valence-corrected chi connectivity index (χ1v) is 28.4. The largest absolute Gasteiger partial charge is 0.379 e. The van der Waals surface area contributed by atoms with Gasteiger partial charge in [0.2, 0.25) is 23.6 Å². The average molecular weight is 1010 g/mol. The average Bonchev–Trinajstić information content (AvgIpc) is 4.12. The number of sulfone groups is 1. The van der Waals surface area contributed by atoms with E-state index < -0.39 is 63.4 Å². The Hall–Kier alpha value is -3.86. The van der Waals surface area contributed by atoms with E-state index in [1.54, 1.807) is 37.8 Å². The molecule has 3 aliphatic heterocycles. The molecule has 1 aliphatic carbocycles. The highest BCUT2D eigenvalue weighted by Crippen LogP contribution is 2.43. The first kappa shape index (κ1) is 58.0. The normalized spacial score (nSPS) is 24.5. The lowest BCUT2D eigenvalue weighted by atomic mass is 9.83. The fourth-order valence-corrected chi connectivity index (χ4v) is 14.1. The van der Waals surface area contributed by atoms with Crippen LogP contribution in [-0.2, 0) is 59.3 Å². The predicted octanol–water partition coefficient (Wildman–Crippen LogP) is 6.38. The van der Waals surface area contributed by atoms with Crippen LogP contribution in [0.3, 0.4) is 0 Å². The number of imide groups is 1. The number of benzene rings is 1. The van der Waals surface area contributed by atoms with E-state index in [2.05, 4.69) is 11.8 Å².